The highest BCUT2D eigenvalue weighted by Crippen LogP contribution is 2.10. The molecule has 1 fully saturated rings. The molecule has 0 bridgehead atoms. The van der Waals surface area contributed by atoms with E-state index in [1.165, 1.54) is 0 Å². The van der Waals surface area contributed by atoms with Gasteiger partial charge in [0, 0.05) is 26.7 Å². The standard InChI is InChI=1S/C7H12N2S2/c1-5-4-8(2)6(10)7(11)9(5)3/h5H,4H2,1-3H3/t5-/m1/s1. The molecule has 0 aromatic carbocycles. The molecule has 0 radical (unpaired) electrons. The average molecular weight is 188 g/mol. The van der Waals surface area contributed by atoms with Crippen molar-refractivity contribution < 1.29 is 0 Å². The summed E-state index contributed by atoms with van der Waals surface area (Å²) in [6.45, 7) is 3.11. The normalized spacial score (nSPS) is 26.3. The summed E-state index contributed by atoms with van der Waals surface area (Å²) in [5.41, 5.74) is 0. The Hall–Kier alpha value is -0.220. The fourth-order valence-corrected chi connectivity index (χ4v) is 1.67. The van der Waals surface area contributed by atoms with Crippen LogP contribution in [0.5, 0.6) is 0 Å². The predicted molar refractivity (Wildman–Crippen MR) is 55.1 cm³/mol. The van der Waals surface area contributed by atoms with Gasteiger partial charge in [0.05, 0.1) is 0 Å². The van der Waals surface area contributed by atoms with E-state index in [1.54, 1.807) is 0 Å². The molecule has 1 rings (SSSR count). The summed E-state index contributed by atoms with van der Waals surface area (Å²) in [6.07, 6.45) is 0. The van der Waals surface area contributed by atoms with Crippen LogP contribution >= 0.6 is 24.4 Å². The maximum absolute atomic E-state index is 5.15. The molecule has 1 heterocycles. The highest BCUT2D eigenvalue weighted by molar-refractivity contribution is 7.89. The van der Waals surface area contributed by atoms with Crippen LogP contribution in [-0.2, 0) is 0 Å². The van der Waals surface area contributed by atoms with E-state index in [4.69, 9.17) is 24.4 Å². The molecule has 0 aromatic heterocycles. The molecule has 0 amide bonds. The quantitative estimate of drug-likeness (QED) is 0.521. The van der Waals surface area contributed by atoms with E-state index < -0.39 is 0 Å². The number of thiocarbonyl (C=S) groups is 2. The maximum atomic E-state index is 5.15. The zero-order valence-electron chi connectivity index (χ0n) is 7.00. The first-order chi connectivity index (χ1) is 5.04. The van der Waals surface area contributed by atoms with Crippen molar-refractivity contribution in [1.82, 2.24) is 9.80 Å². The molecule has 0 aromatic rings. The molecule has 1 atom stereocenters. The summed E-state index contributed by atoms with van der Waals surface area (Å²) in [7, 11) is 3.98. The van der Waals surface area contributed by atoms with Gasteiger partial charge >= 0.3 is 0 Å². The topological polar surface area (TPSA) is 6.48 Å². The second kappa shape index (κ2) is 3.03. The first-order valence-corrected chi connectivity index (χ1v) is 4.38. The Balaban J connectivity index is 2.79. The van der Waals surface area contributed by atoms with Crippen LogP contribution in [0.2, 0.25) is 0 Å². The monoisotopic (exact) mass is 188 g/mol. The van der Waals surface area contributed by atoms with Crippen molar-refractivity contribution in [1.29, 1.82) is 0 Å². The average Bonchev–Trinajstić information content (AvgIpc) is 1.97. The van der Waals surface area contributed by atoms with Crippen LogP contribution < -0.4 is 0 Å². The van der Waals surface area contributed by atoms with Crippen molar-refractivity contribution in [2.45, 2.75) is 13.0 Å². The Morgan fingerprint density at radius 2 is 1.82 bits per heavy atom. The van der Waals surface area contributed by atoms with Crippen molar-refractivity contribution in [3.8, 4) is 0 Å². The van der Waals surface area contributed by atoms with Gasteiger partial charge in [0.1, 0.15) is 9.98 Å². The molecular formula is C7H12N2S2. The minimum atomic E-state index is 0.471. The van der Waals surface area contributed by atoms with Crippen LogP contribution in [-0.4, -0.2) is 46.5 Å². The minimum Gasteiger partial charge on any atom is -0.361 e. The van der Waals surface area contributed by atoms with E-state index in [1.807, 2.05) is 19.0 Å². The lowest BCUT2D eigenvalue weighted by molar-refractivity contribution is 0.309. The molecule has 1 aliphatic rings. The Kier molecular flexibility index (Phi) is 2.44. The van der Waals surface area contributed by atoms with E-state index in [0.717, 1.165) is 16.5 Å². The summed E-state index contributed by atoms with van der Waals surface area (Å²) < 4.78 is 0. The molecule has 0 N–H and O–H groups in total. The van der Waals surface area contributed by atoms with Gasteiger partial charge in [-0.15, -0.1) is 0 Å². The van der Waals surface area contributed by atoms with Crippen LogP contribution in [0, 0.1) is 0 Å². The van der Waals surface area contributed by atoms with Crippen molar-refractivity contribution in [2.75, 3.05) is 20.6 Å². The van der Waals surface area contributed by atoms with Crippen LogP contribution in [0.15, 0.2) is 0 Å². The predicted octanol–water partition coefficient (Wildman–Crippen LogP) is 0.907. The van der Waals surface area contributed by atoms with Crippen molar-refractivity contribution in [2.24, 2.45) is 0 Å². The number of rotatable bonds is 0. The Bertz CT molecular complexity index is 203. The maximum Gasteiger partial charge on any atom is 0.136 e. The molecule has 0 spiro atoms. The largest absolute Gasteiger partial charge is 0.361 e. The molecule has 4 heteroatoms. The lowest BCUT2D eigenvalue weighted by atomic mass is 10.2. The SMILES string of the molecule is C[C@@H]1CN(C)C(=S)C(=S)N1C. The van der Waals surface area contributed by atoms with Gasteiger partial charge in [-0.2, -0.15) is 0 Å². The van der Waals surface area contributed by atoms with Crippen molar-refractivity contribution >= 4 is 34.4 Å². The van der Waals surface area contributed by atoms with Gasteiger partial charge in [-0.1, -0.05) is 24.4 Å². The third kappa shape index (κ3) is 1.51. The Morgan fingerprint density at radius 3 is 2.36 bits per heavy atom. The second-order valence-corrected chi connectivity index (χ2v) is 3.72. The van der Waals surface area contributed by atoms with Crippen LogP contribution in [0.4, 0.5) is 0 Å². The van der Waals surface area contributed by atoms with Crippen molar-refractivity contribution in [3.05, 3.63) is 0 Å². The molecule has 1 saturated heterocycles. The zero-order valence-corrected chi connectivity index (χ0v) is 8.63. The van der Waals surface area contributed by atoms with E-state index >= 15 is 0 Å². The fourth-order valence-electron chi connectivity index (χ4n) is 1.12. The number of hydrogen-bond acceptors (Lipinski definition) is 2. The molecule has 62 valence electrons. The highest BCUT2D eigenvalue weighted by Gasteiger charge is 2.25. The molecule has 11 heavy (non-hydrogen) atoms. The minimum absolute atomic E-state index is 0.471. The number of likely N-dealkylation sites (N-methyl/N-ethyl adjacent to an activating group) is 2. The molecule has 0 aliphatic carbocycles. The van der Waals surface area contributed by atoms with E-state index in [0.29, 0.717) is 6.04 Å². The number of nitrogens with zero attached hydrogens (tertiary/aromatic N) is 2. The van der Waals surface area contributed by atoms with E-state index in [2.05, 4.69) is 11.8 Å². The summed E-state index contributed by atoms with van der Waals surface area (Å²) in [6, 6.07) is 0.471. The van der Waals surface area contributed by atoms with E-state index in [9.17, 15) is 0 Å². The van der Waals surface area contributed by atoms with Crippen LogP contribution in [0.1, 0.15) is 6.92 Å². The third-order valence-corrected chi connectivity index (χ3v) is 3.16. The first-order valence-electron chi connectivity index (χ1n) is 3.56. The molecular weight excluding hydrogens is 176 g/mol. The summed E-state index contributed by atoms with van der Waals surface area (Å²) in [5.74, 6) is 0. The van der Waals surface area contributed by atoms with Gasteiger partial charge in [-0.3, -0.25) is 0 Å². The lowest BCUT2D eigenvalue weighted by Crippen LogP contribution is -2.54. The molecule has 0 saturated carbocycles. The van der Waals surface area contributed by atoms with Gasteiger partial charge in [-0.05, 0) is 6.92 Å². The van der Waals surface area contributed by atoms with Gasteiger partial charge in [0.15, 0.2) is 0 Å². The molecule has 2 nitrogen and oxygen atoms in total. The Morgan fingerprint density at radius 1 is 1.27 bits per heavy atom. The number of piperazine rings is 1. The second-order valence-electron chi connectivity index (χ2n) is 2.95. The Labute approximate surface area is 78.2 Å². The van der Waals surface area contributed by atoms with Crippen molar-refractivity contribution in [3.63, 3.8) is 0 Å². The van der Waals surface area contributed by atoms with Crippen LogP contribution in [0.25, 0.3) is 0 Å². The fraction of sp³-hybridized carbons (Fsp3) is 0.714. The first kappa shape index (κ1) is 8.87. The third-order valence-electron chi connectivity index (χ3n) is 2.05. The lowest BCUT2D eigenvalue weighted by Gasteiger charge is -2.38. The molecule has 1 aliphatic heterocycles. The van der Waals surface area contributed by atoms with Gasteiger partial charge in [-0.25, -0.2) is 0 Å². The number of hydrogen-bond donors (Lipinski definition) is 0. The van der Waals surface area contributed by atoms with Crippen LogP contribution in [0.3, 0.4) is 0 Å². The molecule has 0 unspecified atom stereocenters. The summed E-state index contributed by atoms with van der Waals surface area (Å²) in [4.78, 5) is 5.67. The summed E-state index contributed by atoms with van der Waals surface area (Å²) in [5, 5.41) is 0. The highest BCUT2D eigenvalue weighted by atomic mass is 32.1. The van der Waals surface area contributed by atoms with E-state index in [-0.39, 0.29) is 0 Å². The van der Waals surface area contributed by atoms with Gasteiger partial charge in [0.2, 0.25) is 0 Å². The van der Waals surface area contributed by atoms with Gasteiger partial charge in [0.25, 0.3) is 0 Å². The zero-order chi connectivity index (χ0) is 8.59. The van der Waals surface area contributed by atoms with Gasteiger partial charge < -0.3 is 9.80 Å². The smallest absolute Gasteiger partial charge is 0.136 e. The summed E-state index contributed by atoms with van der Waals surface area (Å²) >= 11 is 10.3.